The van der Waals surface area contributed by atoms with Gasteiger partial charge in [-0.2, -0.15) is 0 Å². The summed E-state index contributed by atoms with van der Waals surface area (Å²) in [5.41, 5.74) is 1.89. The molecule has 3 aromatic carbocycles. The van der Waals surface area contributed by atoms with Crippen LogP contribution in [-0.4, -0.2) is 33.2 Å². The second-order valence-electron chi connectivity index (χ2n) is 7.73. The van der Waals surface area contributed by atoms with Gasteiger partial charge in [0.05, 0.1) is 22.4 Å². The summed E-state index contributed by atoms with van der Waals surface area (Å²) in [6.07, 6.45) is 1.85. The number of anilines is 2. The van der Waals surface area contributed by atoms with Crippen molar-refractivity contribution in [3.8, 4) is 5.75 Å². The molecule has 0 atom stereocenters. The van der Waals surface area contributed by atoms with E-state index in [4.69, 9.17) is 4.74 Å². The van der Waals surface area contributed by atoms with E-state index in [1.54, 1.807) is 54.6 Å². The van der Waals surface area contributed by atoms with Gasteiger partial charge in [-0.05, 0) is 75.6 Å². The molecule has 0 heterocycles. The van der Waals surface area contributed by atoms with Crippen molar-refractivity contribution in [1.29, 1.82) is 0 Å². The maximum absolute atomic E-state index is 13.5. The first-order valence-corrected chi connectivity index (χ1v) is 13.2. The molecule has 0 bridgehead atoms. The largest absolute Gasteiger partial charge is 0.489 e. The van der Waals surface area contributed by atoms with Crippen molar-refractivity contribution < 1.29 is 17.9 Å². The molecule has 0 aromatic heterocycles. The number of para-hydroxylation sites is 2. The Kier molecular flexibility index (Phi) is 8.05. The van der Waals surface area contributed by atoms with Crippen molar-refractivity contribution in [2.75, 3.05) is 22.4 Å². The van der Waals surface area contributed by atoms with Crippen molar-refractivity contribution >= 4 is 39.1 Å². The lowest BCUT2D eigenvalue weighted by atomic mass is 10.2. The van der Waals surface area contributed by atoms with Crippen LogP contribution in [0.5, 0.6) is 5.75 Å². The molecule has 0 spiro atoms. The fraction of sp³-hybridized carbons (Fsp3) is 0.240. The number of aryl methyl sites for hydroxylation is 1. The number of sulfonamides is 1. The van der Waals surface area contributed by atoms with Crippen LogP contribution in [0.2, 0.25) is 0 Å². The van der Waals surface area contributed by atoms with Gasteiger partial charge in [-0.3, -0.25) is 9.10 Å². The predicted octanol–water partition coefficient (Wildman–Crippen LogP) is 5.34. The van der Waals surface area contributed by atoms with Crippen molar-refractivity contribution in [3.63, 3.8) is 0 Å². The Morgan fingerprint density at radius 2 is 1.64 bits per heavy atom. The average Bonchev–Trinajstić information content (AvgIpc) is 2.79. The molecule has 8 heteroatoms. The predicted molar refractivity (Wildman–Crippen MR) is 135 cm³/mol. The number of carbonyl (C=O) groups is 1. The van der Waals surface area contributed by atoms with Crippen LogP contribution in [0, 0.1) is 6.92 Å². The van der Waals surface area contributed by atoms with Crippen molar-refractivity contribution in [2.45, 2.75) is 36.7 Å². The van der Waals surface area contributed by atoms with E-state index in [2.05, 4.69) is 5.32 Å². The molecule has 0 saturated heterocycles. The molecule has 6 nitrogen and oxygen atoms in total. The number of nitrogens with one attached hydrogen (secondary N) is 1. The van der Waals surface area contributed by atoms with Crippen LogP contribution in [0.3, 0.4) is 0 Å². The monoisotopic (exact) mass is 484 g/mol. The number of carbonyl (C=O) groups excluding carboxylic acids is 1. The smallest absolute Gasteiger partial charge is 0.264 e. The van der Waals surface area contributed by atoms with Gasteiger partial charge >= 0.3 is 0 Å². The molecule has 3 rings (SSSR count). The number of amides is 1. The standard InChI is InChI=1S/C25H28N2O4S2/c1-18(2)31-24-8-6-5-7-23(24)26-25(28)17-27(20-11-9-19(3)10-12-20)33(29,30)22-15-13-21(32-4)14-16-22/h5-16,18H,17H2,1-4H3,(H,26,28). The van der Waals surface area contributed by atoms with Gasteiger partial charge in [-0.15, -0.1) is 11.8 Å². The van der Waals surface area contributed by atoms with E-state index in [1.807, 2.05) is 45.2 Å². The van der Waals surface area contributed by atoms with Crippen molar-refractivity contribution in [1.82, 2.24) is 0 Å². The first-order chi connectivity index (χ1) is 15.7. The number of rotatable bonds is 9. The van der Waals surface area contributed by atoms with E-state index in [9.17, 15) is 13.2 Å². The second-order valence-corrected chi connectivity index (χ2v) is 10.5. The number of thioether (sulfide) groups is 1. The molecule has 0 fully saturated rings. The Morgan fingerprint density at radius 3 is 2.24 bits per heavy atom. The normalized spacial score (nSPS) is 11.3. The summed E-state index contributed by atoms with van der Waals surface area (Å²) in [6, 6.07) is 20.8. The fourth-order valence-corrected chi connectivity index (χ4v) is 4.98. The topological polar surface area (TPSA) is 75.7 Å². The van der Waals surface area contributed by atoms with Gasteiger partial charge in [0.2, 0.25) is 5.91 Å². The third kappa shape index (κ3) is 6.30. The van der Waals surface area contributed by atoms with E-state index in [0.29, 0.717) is 17.1 Å². The Balaban J connectivity index is 1.92. The van der Waals surface area contributed by atoms with Gasteiger partial charge in [0.15, 0.2) is 0 Å². The van der Waals surface area contributed by atoms with Crippen LogP contribution < -0.4 is 14.4 Å². The average molecular weight is 485 g/mol. The van der Waals surface area contributed by atoms with Crippen LogP contribution in [0.1, 0.15) is 19.4 Å². The number of benzene rings is 3. The zero-order valence-electron chi connectivity index (χ0n) is 19.1. The molecule has 0 unspecified atom stereocenters. The van der Waals surface area contributed by atoms with E-state index in [0.717, 1.165) is 14.8 Å². The lowest BCUT2D eigenvalue weighted by molar-refractivity contribution is -0.114. The molecular weight excluding hydrogens is 456 g/mol. The highest BCUT2D eigenvalue weighted by Crippen LogP contribution is 2.28. The Labute approximate surface area is 200 Å². The van der Waals surface area contributed by atoms with E-state index in [1.165, 1.54) is 11.8 Å². The van der Waals surface area contributed by atoms with Gasteiger partial charge in [0.25, 0.3) is 10.0 Å². The van der Waals surface area contributed by atoms with Crippen LogP contribution in [0.4, 0.5) is 11.4 Å². The first kappa shape index (κ1) is 24.7. The molecule has 0 radical (unpaired) electrons. The van der Waals surface area contributed by atoms with Crippen molar-refractivity contribution in [2.24, 2.45) is 0 Å². The highest BCUT2D eigenvalue weighted by atomic mass is 32.2. The van der Waals surface area contributed by atoms with Gasteiger partial charge < -0.3 is 10.1 Å². The molecule has 3 aromatic rings. The summed E-state index contributed by atoms with van der Waals surface area (Å²) in [6.45, 7) is 5.33. The summed E-state index contributed by atoms with van der Waals surface area (Å²) in [4.78, 5) is 14.1. The second kappa shape index (κ2) is 10.8. The maximum Gasteiger partial charge on any atom is 0.264 e. The summed E-state index contributed by atoms with van der Waals surface area (Å²) >= 11 is 1.53. The molecule has 1 N–H and O–H groups in total. The molecule has 0 aliphatic carbocycles. The number of nitrogens with zero attached hydrogens (tertiary/aromatic N) is 1. The van der Waals surface area contributed by atoms with Gasteiger partial charge in [-0.1, -0.05) is 29.8 Å². The minimum absolute atomic E-state index is 0.0725. The number of hydrogen-bond donors (Lipinski definition) is 1. The molecular formula is C25H28N2O4S2. The highest BCUT2D eigenvalue weighted by Gasteiger charge is 2.27. The Morgan fingerprint density at radius 1 is 1.00 bits per heavy atom. The first-order valence-electron chi connectivity index (χ1n) is 10.5. The molecule has 0 aliphatic heterocycles. The lowest BCUT2D eigenvalue weighted by Gasteiger charge is -2.24. The van der Waals surface area contributed by atoms with Crippen LogP contribution in [0.25, 0.3) is 0 Å². The van der Waals surface area contributed by atoms with Crippen LogP contribution >= 0.6 is 11.8 Å². The fourth-order valence-electron chi connectivity index (χ4n) is 3.15. The third-order valence-electron chi connectivity index (χ3n) is 4.78. The maximum atomic E-state index is 13.5. The van der Waals surface area contributed by atoms with Crippen LogP contribution in [0.15, 0.2) is 82.6 Å². The zero-order chi connectivity index (χ0) is 24.0. The minimum Gasteiger partial charge on any atom is -0.489 e. The zero-order valence-corrected chi connectivity index (χ0v) is 20.7. The minimum atomic E-state index is -3.98. The molecule has 0 saturated carbocycles. The third-order valence-corrected chi connectivity index (χ3v) is 7.31. The lowest BCUT2D eigenvalue weighted by Crippen LogP contribution is -2.38. The number of ether oxygens (including phenoxy) is 1. The molecule has 33 heavy (non-hydrogen) atoms. The molecule has 174 valence electrons. The summed E-state index contributed by atoms with van der Waals surface area (Å²) in [5, 5.41) is 2.80. The SMILES string of the molecule is CSc1ccc(S(=O)(=O)N(CC(=O)Nc2ccccc2OC(C)C)c2ccc(C)cc2)cc1. The summed E-state index contributed by atoms with van der Waals surface area (Å²) < 4.78 is 33.9. The summed E-state index contributed by atoms with van der Waals surface area (Å²) in [7, 11) is -3.98. The Hall–Kier alpha value is -2.97. The van der Waals surface area contributed by atoms with E-state index >= 15 is 0 Å². The van der Waals surface area contributed by atoms with Crippen LogP contribution in [-0.2, 0) is 14.8 Å². The van der Waals surface area contributed by atoms with Gasteiger partial charge in [0.1, 0.15) is 12.3 Å². The van der Waals surface area contributed by atoms with Crippen molar-refractivity contribution in [3.05, 3.63) is 78.4 Å². The Bertz CT molecular complexity index is 1190. The van der Waals surface area contributed by atoms with E-state index < -0.39 is 15.9 Å². The van der Waals surface area contributed by atoms with Gasteiger partial charge in [-0.25, -0.2) is 8.42 Å². The highest BCUT2D eigenvalue weighted by molar-refractivity contribution is 7.98. The molecule has 1 amide bonds. The number of hydrogen-bond acceptors (Lipinski definition) is 5. The molecule has 0 aliphatic rings. The quantitative estimate of drug-likeness (QED) is 0.415. The summed E-state index contributed by atoms with van der Waals surface area (Å²) in [5.74, 6) is 0.0536. The van der Waals surface area contributed by atoms with E-state index in [-0.39, 0.29) is 17.5 Å². The van der Waals surface area contributed by atoms with Gasteiger partial charge in [0, 0.05) is 4.90 Å².